The third-order valence-corrected chi connectivity index (χ3v) is 7.49. The van der Waals surface area contributed by atoms with Crippen LogP contribution in [0.3, 0.4) is 0 Å². The number of carbonyl (C=O) groups is 2. The second-order valence-electron chi connectivity index (χ2n) is 7.53. The molecule has 1 fully saturated rings. The van der Waals surface area contributed by atoms with Crippen LogP contribution in [0.4, 0.5) is 11.4 Å². The molecule has 31 heavy (non-hydrogen) atoms. The molecular formula is C23H26N4O2S2. The number of thioether (sulfide) groups is 2. The van der Waals surface area contributed by atoms with Gasteiger partial charge in [0.05, 0.1) is 12.3 Å². The lowest BCUT2D eigenvalue weighted by molar-refractivity contribution is -0.113. The first-order valence-corrected chi connectivity index (χ1v) is 12.4. The van der Waals surface area contributed by atoms with Gasteiger partial charge in [0.1, 0.15) is 4.38 Å². The molecule has 0 atom stereocenters. The summed E-state index contributed by atoms with van der Waals surface area (Å²) in [7, 11) is 0. The molecule has 162 valence electrons. The summed E-state index contributed by atoms with van der Waals surface area (Å²) in [5.74, 6) is 1.47. The van der Waals surface area contributed by atoms with E-state index < -0.39 is 0 Å². The summed E-state index contributed by atoms with van der Waals surface area (Å²) in [5, 5.41) is 2.95. The van der Waals surface area contributed by atoms with E-state index in [-0.39, 0.29) is 11.8 Å². The fourth-order valence-electron chi connectivity index (χ4n) is 3.61. The van der Waals surface area contributed by atoms with Gasteiger partial charge in [0.25, 0.3) is 5.91 Å². The second-order valence-corrected chi connectivity index (χ2v) is 9.83. The monoisotopic (exact) mass is 454 g/mol. The van der Waals surface area contributed by atoms with Gasteiger partial charge in [-0.3, -0.25) is 14.6 Å². The minimum absolute atomic E-state index is 0.0174. The van der Waals surface area contributed by atoms with Crippen LogP contribution in [0.5, 0.6) is 0 Å². The molecule has 2 aliphatic rings. The topological polar surface area (TPSA) is 65.0 Å². The lowest BCUT2D eigenvalue weighted by Crippen LogP contribution is -2.48. The van der Waals surface area contributed by atoms with E-state index in [0.717, 1.165) is 52.3 Å². The predicted molar refractivity (Wildman–Crippen MR) is 132 cm³/mol. The number of aliphatic imine (C=N–C) groups is 1. The van der Waals surface area contributed by atoms with Crippen molar-refractivity contribution in [3.8, 4) is 0 Å². The van der Waals surface area contributed by atoms with Crippen LogP contribution in [0.15, 0.2) is 53.5 Å². The van der Waals surface area contributed by atoms with Crippen molar-refractivity contribution in [3.05, 3.63) is 59.7 Å². The number of nitrogens with one attached hydrogen (secondary N) is 1. The number of rotatable bonds is 5. The van der Waals surface area contributed by atoms with Crippen molar-refractivity contribution in [2.24, 2.45) is 4.99 Å². The molecule has 4 rings (SSSR count). The number of hydrogen-bond acceptors (Lipinski definition) is 6. The number of nitrogens with zero attached hydrogens (tertiary/aromatic N) is 3. The summed E-state index contributed by atoms with van der Waals surface area (Å²) >= 11 is 3.21. The number of aryl methyl sites for hydroxylation is 1. The van der Waals surface area contributed by atoms with Gasteiger partial charge in [0, 0.05) is 48.9 Å². The van der Waals surface area contributed by atoms with Gasteiger partial charge in [-0.15, -0.1) is 0 Å². The van der Waals surface area contributed by atoms with Crippen LogP contribution in [0.25, 0.3) is 0 Å². The van der Waals surface area contributed by atoms with E-state index in [0.29, 0.717) is 18.8 Å². The van der Waals surface area contributed by atoms with Crippen molar-refractivity contribution in [2.45, 2.75) is 6.92 Å². The van der Waals surface area contributed by atoms with Crippen LogP contribution in [0.2, 0.25) is 0 Å². The van der Waals surface area contributed by atoms with E-state index in [1.165, 1.54) is 11.8 Å². The second kappa shape index (κ2) is 10.2. The lowest BCUT2D eigenvalue weighted by atomic mass is 10.1. The van der Waals surface area contributed by atoms with E-state index in [2.05, 4.69) is 15.2 Å². The van der Waals surface area contributed by atoms with Gasteiger partial charge in [-0.05, 0) is 43.3 Å². The van der Waals surface area contributed by atoms with Crippen LogP contribution in [-0.2, 0) is 4.79 Å². The van der Waals surface area contributed by atoms with Crippen molar-refractivity contribution >= 4 is 51.1 Å². The first-order valence-electron chi connectivity index (χ1n) is 10.4. The van der Waals surface area contributed by atoms with E-state index in [1.54, 1.807) is 11.8 Å². The lowest BCUT2D eigenvalue weighted by Gasteiger charge is -2.36. The highest BCUT2D eigenvalue weighted by Crippen LogP contribution is 2.23. The molecule has 0 aliphatic carbocycles. The van der Waals surface area contributed by atoms with Crippen LogP contribution in [0.1, 0.15) is 15.9 Å². The molecule has 0 radical (unpaired) electrons. The number of carbonyl (C=O) groups excluding carboxylic acids is 2. The van der Waals surface area contributed by atoms with Crippen LogP contribution in [-0.4, -0.2) is 65.3 Å². The normalized spacial score (nSPS) is 16.2. The zero-order valence-electron chi connectivity index (χ0n) is 17.5. The molecule has 0 saturated carbocycles. The van der Waals surface area contributed by atoms with Crippen LogP contribution >= 0.6 is 23.5 Å². The van der Waals surface area contributed by atoms with Crippen molar-refractivity contribution in [1.82, 2.24) is 4.90 Å². The molecule has 2 amide bonds. The molecule has 1 saturated heterocycles. The molecule has 1 N–H and O–H groups in total. The number of hydrogen-bond donors (Lipinski definition) is 1. The summed E-state index contributed by atoms with van der Waals surface area (Å²) in [4.78, 5) is 33.4. The maximum Gasteiger partial charge on any atom is 0.253 e. The van der Waals surface area contributed by atoms with E-state index in [9.17, 15) is 9.59 Å². The van der Waals surface area contributed by atoms with Gasteiger partial charge in [-0.25, -0.2) is 0 Å². The van der Waals surface area contributed by atoms with Gasteiger partial charge >= 0.3 is 0 Å². The van der Waals surface area contributed by atoms with Gasteiger partial charge in [0.2, 0.25) is 5.91 Å². The molecule has 0 spiro atoms. The zero-order chi connectivity index (χ0) is 21.6. The third-order valence-electron chi connectivity index (χ3n) is 5.23. The number of benzene rings is 2. The molecule has 2 aromatic rings. The Morgan fingerprint density at radius 2 is 1.87 bits per heavy atom. The van der Waals surface area contributed by atoms with E-state index in [1.807, 2.05) is 60.4 Å². The van der Waals surface area contributed by atoms with Crippen molar-refractivity contribution in [2.75, 3.05) is 54.4 Å². The maximum atomic E-state index is 12.7. The number of piperazine rings is 1. The predicted octanol–water partition coefficient (Wildman–Crippen LogP) is 3.73. The Morgan fingerprint density at radius 1 is 1.10 bits per heavy atom. The van der Waals surface area contributed by atoms with Gasteiger partial charge in [0.15, 0.2) is 0 Å². The number of amides is 2. The quantitative estimate of drug-likeness (QED) is 0.746. The summed E-state index contributed by atoms with van der Waals surface area (Å²) < 4.78 is 1.01. The Bertz CT molecular complexity index is 970. The maximum absolute atomic E-state index is 12.7. The van der Waals surface area contributed by atoms with Crippen LogP contribution in [0, 0.1) is 6.92 Å². The highest BCUT2D eigenvalue weighted by molar-refractivity contribution is 8.39. The Kier molecular flexibility index (Phi) is 7.19. The molecule has 0 aromatic heterocycles. The highest BCUT2D eigenvalue weighted by atomic mass is 32.2. The largest absolute Gasteiger partial charge is 0.368 e. The zero-order valence-corrected chi connectivity index (χ0v) is 19.2. The van der Waals surface area contributed by atoms with Crippen LogP contribution < -0.4 is 10.2 Å². The Balaban J connectivity index is 1.26. The van der Waals surface area contributed by atoms with Gasteiger partial charge in [-0.2, -0.15) is 0 Å². The summed E-state index contributed by atoms with van der Waals surface area (Å²) in [5.41, 5.74) is 3.75. The molecule has 0 bridgehead atoms. The smallest absolute Gasteiger partial charge is 0.253 e. The minimum atomic E-state index is -0.0174. The fraction of sp³-hybridized carbons (Fsp3) is 0.348. The Morgan fingerprint density at radius 3 is 2.55 bits per heavy atom. The summed E-state index contributed by atoms with van der Waals surface area (Å²) in [6, 6.07) is 15.7. The molecule has 2 aromatic carbocycles. The third kappa shape index (κ3) is 5.83. The molecule has 2 aliphatic heterocycles. The van der Waals surface area contributed by atoms with Crippen molar-refractivity contribution in [3.63, 3.8) is 0 Å². The Hall–Kier alpha value is -2.45. The minimum Gasteiger partial charge on any atom is -0.368 e. The van der Waals surface area contributed by atoms with E-state index in [4.69, 9.17) is 0 Å². The first-order chi connectivity index (χ1) is 15.1. The average molecular weight is 455 g/mol. The molecule has 0 unspecified atom stereocenters. The first kappa shape index (κ1) is 21.8. The molecule has 2 heterocycles. The summed E-state index contributed by atoms with van der Waals surface area (Å²) in [6.07, 6.45) is 0. The highest BCUT2D eigenvalue weighted by Gasteiger charge is 2.22. The molecule has 8 heteroatoms. The Labute approximate surface area is 191 Å². The fourth-order valence-corrected chi connectivity index (χ4v) is 5.42. The number of anilines is 2. The standard InChI is InChI=1S/C23H26N4O2S2/c1-17-3-2-4-18(15-17)22(29)27-12-10-26(11-13-27)20-7-5-19(6-8-20)25-21(28)16-31-23-24-9-14-30-23/h2-8,15H,9-14,16H2,1H3,(H,25,28). The average Bonchev–Trinajstić information content (AvgIpc) is 3.32. The van der Waals surface area contributed by atoms with E-state index >= 15 is 0 Å². The van der Waals surface area contributed by atoms with Gasteiger partial charge in [-0.1, -0.05) is 41.2 Å². The molecule has 6 nitrogen and oxygen atoms in total. The SMILES string of the molecule is Cc1cccc(C(=O)N2CCN(c3ccc(NC(=O)CSC4=NCCS4)cc3)CC2)c1. The van der Waals surface area contributed by atoms with Crippen molar-refractivity contribution < 1.29 is 9.59 Å². The van der Waals surface area contributed by atoms with Gasteiger partial charge < -0.3 is 15.1 Å². The summed E-state index contributed by atoms with van der Waals surface area (Å²) in [6.45, 7) is 5.83. The molecular weight excluding hydrogens is 428 g/mol. The van der Waals surface area contributed by atoms with Crippen molar-refractivity contribution in [1.29, 1.82) is 0 Å².